The van der Waals surface area contributed by atoms with Crippen LogP contribution in [0.3, 0.4) is 0 Å². The number of halogens is 4. The van der Waals surface area contributed by atoms with Crippen LogP contribution in [0.25, 0.3) is 136 Å². The molecule has 0 amide bonds. The van der Waals surface area contributed by atoms with Gasteiger partial charge in [0.25, 0.3) is 0 Å². The molecular formula is C72H60Cl4Fe2N20O20. The Morgan fingerprint density at radius 2 is 0.381 bits per heavy atom. The largest absolute Gasteiger partial charge is 2.00 e. The summed E-state index contributed by atoms with van der Waals surface area (Å²) in [4.78, 5) is 18.6. The van der Waals surface area contributed by atoms with Gasteiger partial charge in [0, 0.05) is 47.0 Å². The third kappa shape index (κ3) is 29.9. The van der Waals surface area contributed by atoms with Crippen molar-refractivity contribution in [3.63, 3.8) is 0 Å². The average Bonchev–Trinajstić information content (AvgIpc) is 1.66. The van der Waals surface area contributed by atoms with E-state index < -0.39 is 41.0 Å². The Hall–Kier alpha value is -12.1. The van der Waals surface area contributed by atoms with E-state index in [4.69, 9.17) is 103 Å². The molecule has 16 aromatic rings. The van der Waals surface area contributed by atoms with E-state index in [1.165, 1.54) is 0 Å². The standard InChI is InChI=1S/2C25H21N5O2.2C11H9N5.4ClHO4.2Fe/c2*1-31-24-12-5-3-8-16(24)20-14-22(29-27-20)18-10-7-11-19(26-18)23-15-21(28-30-23)17-9-4-6-13-25(17)32-2;2*1-2-8(10-4-6-12-15-10)14-9(3-1)11-5-7-13-16-11;4*2-1(3,4)5;;/h2*3-15H,1-2H3,(H,27,29)(H,28,30);2*1-7H,(H,12,15)(H,13,16);4*(H,2,3,4,5);;/q;;;;;;;;2*+2/p-4. The summed E-state index contributed by atoms with van der Waals surface area (Å²) >= 11 is 0. The van der Waals surface area contributed by atoms with Crippen LogP contribution in [0.2, 0.25) is 0 Å². The number of aromatic nitrogens is 20. The number of pyridine rings is 4. The summed E-state index contributed by atoms with van der Waals surface area (Å²) < 4.78 is 158. The number of para-hydroxylation sites is 4. The predicted octanol–water partition coefficient (Wildman–Crippen LogP) is -4.88. The fourth-order valence-electron chi connectivity index (χ4n) is 10.3. The summed E-state index contributed by atoms with van der Waals surface area (Å²) in [7, 11) is -13.1. The number of nitrogens with one attached hydrogen (secondary N) is 8. The molecule has 46 heteroatoms. The number of H-pyrrole nitrogens is 8. The van der Waals surface area contributed by atoms with E-state index >= 15 is 0 Å². The third-order valence-corrected chi connectivity index (χ3v) is 15.0. The molecule has 12 aromatic heterocycles. The van der Waals surface area contributed by atoms with E-state index in [-0.39, 0.29) is 34.1 Å². The van der Waals surface area contributed by atoms with Gasteiger partial charge in [-0.25, -0.2) is 94.5 Å². The van der Waals surface area contributed by atoms with Gasteiger partial charge in [0.05, 0.1) is 96.8 Å². The van der Waals surface area contributed by atoms with Crippen LogP contribution in [-0.2, 0) is 34.1 Å². The van der Waals surface area contributed by atoms with Crippen LogP contribution >= 0.6 is 0 Å². The zero-order valence-electron chi connectivity index (χ0n) is 60.8. The van der Waals surface area contributed by atoms with Crippen LogP contribution < -0.4 is 93.5 Å². The van der Waals surface area contributed by atoms with Gasteiger partial charge in [0.15, 0.2) is 0 Å². The molecule has 118 heavy (non-hydrogen) atoms. The fraction of sp³-hybridized carbons (Fsp3) is 0.0556. The first-order valence-corrected chi connectivity index (χ1v) is 37.5. The first-order chi connectivity index (χ1) is 55.4. The first-order valence-electron chi connectivity index (χ1n) is 32.5. The van der Waals surface area contributed by atoms with Crippen molar-refractivity contribution < 1.29 is 169 Å². The molecular weight excluding hydrogens is 1720 g/mol. The number of nitrogens with zero attached hydrogens (tertiary/aromatic N) is 12. The van der Waals surface area contributed by atoms with Gasteiger partial charge in [-0.15, -0.1) is 41.0 Å². The fourth-order valence-corrected chi connectivity index (χ4v) is 10.3. The van der Waals surface area contributed by atoms with Gasteiger partial charge in [-0.3, -0.25) is 40.8 Å². The Labute approximate surface area is 696 Å². The number of hydrogen-bond acceptors (Lipinski definition) is 32. The zero-order chi connectivity index (χ0) is 83.4. The zero-order valence-corrected chi connectivity index (χ0v) is 66.1. The molecule has 0 bridgehead atoms. The molecule has 612 valence electrons. The maximum Gasteiger partial charge on any atom is 2.00 e. The normalized spacial score (nSPS) is 10.7. The maximum atomic E-state index is 8.49. The van der Waals surface area contributed by atoms with E-state index in [0.29, 0.717) is 0 Å². The van der Waals surface area contributed by atoms with Gasteiger partial charge in [0.1, 0.15) is 68.5 Å². The summed E-state index contributed by atoms with van der Waals surface area (Å²) in [6.07, 6.45) is 7.10. The number of ether oxygens (including phenoxy) is 4. The summed E-state index contributed by atoms with van der Waals surface area (Å²) in [5.74, 6) is 3.13. The van der Waals surface area contributed by atoms with Gasteiger partial charge in [-0.2, -0.15) is 40.8 Å². The van der Waals surface area contributed by atoms with E-state index in [0.717, 1.165) is 159 Å². The molecule has 40 nitrogen and oxygen atoms in total. The second-order valence-electron chi connectivity index (χ2n) is 22.5. The molecule has 0 saturated heterocycles. The summed E-state index contributed by atoms with van der Waals surface area (Å²) in [5.41, 5.74) is 19.9. The monoisotopic (exact) mass is 1780 g/mol. The number of aromatic amines is 8. The molecule has 0 fully saturated rings. The minimum absolute atomic E-state index is 0. The van der Waals surface area contributed by atoms with Gasteiger partial charge in [0.2, 0.25) is 0 Å². The Morgan fingerprint density at radius 3 is 0.542 bits per heavy atom. The van der Waals surface area contributed by atoms with Crippen molar-refractivity contribution in [1.82, 2.24) is 102 Å². The first kappa shape index (κ1) is 93.1. The smallest absolute Gasteiger partial charge is 0.496 e. The third-order valence-electron chi connectivity index (χ3n) is 15.0. The number of methoxy groups -OCH3 is 4. The Balaban J connectivity index is 0.000000206. The van der Waals surface area contributed by atoms with Gasteiger partial charge < -0.3 is 18.9 Å². The van der Waals surface area contributed by atoms with Crippen LogP contribution in [-0.4, -0.2) is 130 Å². The Bertz CT molecular complexity index is 4940. The molecule has 8 N–H and O–H groups in total. The Kier molecular flexibility index (Phi) is 34.9. The van der Waals surface area contributed by atoms with Crippen molar-refractivity contribution in [1.29, 1.82) is 0 Å². The van der Waals surface area contributed by atoms with Crippen molar-refractivity contribution in [3.05, 3.63) is 243 Å². The molecule has 0 atom stereocenters. The SMILES string of the molecule is COc1ccccc1-c1cc(-c2cccc(-c3cc(-c4ccccc4OC)[nH]n3)n2)n[nH]1.COc1ccccc1-c1cc(-c2cccc(-c3cc(-c4ccccc4OC)[nH]n3)n2)n[nH]1.[Fe+2].[Fe+2].[O-][Cl+3]([O-])([O-])[O-].[O-][Cl+3]([O-])([O-])[O-].[O-][Cl+3]([O-])([O-])[O-].[O-][Cl+3]([O-])([O-])[O-].c1cc(-c2cc[nH]n2)nc(-c2cc[nH]n2)c1.c1cc(-c2cc[nH]n2)nc(-c2cc[nH]n2)c1. The molecule has 0 aliphatic carbocycles. The maximum absolute atomic E-state index is 8.49. The topological polar surface area (TPSA) is 687 Å². The summed E-state index contributed by atoms with van der Waals surface area (Å²) in [5, 5.41) is 57.6. The number of benzene rings is 4. The van der Waals surface area contributed by atoms with Crippen molar-refractivity contribution in [2.24, 2.45) is 0 Å². The summed E-state index contributed by atoms with van der Waals surface area (Å²) in [6, 6.07) is 69.9. The van der Waals surface area contributed by atoms with E-state index in [1.807, 2.05) is 218 Å². The van der Waals surface area contributed by atoms with Crippen molar-refractivity contribution in [2.75, 3.05) is 28.4 Å². The molecule has 0 radical (unpaired) electrons. The van der Waals surface area contributed by atoms with Gasteiger partial charge >= 0.3 is 34.1 Å². The minimum atomic E-state index is -4.94. The molecule has 4 aromatic carbocycles. The van der Waals surface area contributed by atoms with Crippen molar-refractivity contribution in [2.45, 2.75) is 0 Å². The van der Waals surface area contributed by atoms with Crippen LogP contribution in [0.15, 0.2) is 243 Å². The molecule has 0 spiro atoms. The quantitative estimate of drug-likeness (QED) is 0.0421. The average molecular weight is 1780 g/mol. The van der Waals surface area contributed by atoms with Crippen molar-refractivity contribution in [3.8, 4) is 159 Å². The van der Waals surface area contributed by atoms with E-state index in [2.05, 4.69) is 91.5 Å². The van der Waals surface area contributed by atoms with Crippen LogP contribution in [0.1, 0.15) is 0 Å². The van der Waals surface area contributed by atoms with Crippen LogP contribution in [0, 0.1) is 41.0 Å². The minimum Gasteiger partial charge on any atom is -0.496 e. The van der Waals surface area contributed by atoms with Crippen LogP contribution in [0.5, 0.6) is 23.0 Å². The molecule has 0 unspecified atom stereocenters. The predicted molar refractivity (Wildman–Crippen MR) is 366 cm³/mol. The van der Waals surface area contributed by atoms with Crippen LogP contribution in [0.4, 0.5) is 0 Å². The number of rotatable bonds is 16. The van der Waals surface area contributed by atoms with E-state index in [9.17, 15) is 0 Å². The molecule has 12 heterocycles. The molecule has 0 aliphatic heterocycles. The second kappa shape index (κ2) is 44.3. The van der Waals surface area contributed by atoms with Gasteiger partial charge in [-0.05, 0) is 146 Å². The molecule has 16 rings (SSSR count). The Morgan fingerprint density at radius 1 is 0.212 bits per heavy atom. The van der Waals surface area contributed by atoms with E-state index in [1.54, 1.807) is 53.2 Å². The van der Waals surface area contributed by atoms with Crippen molar-refractivity contribution >= 4 is 0 Å². The summed E-state index contributed by atoms with van der Waals surface area (Å²) in [6.45, 7) is 0. The molecule has 0 saturated carbocycles. The van der Waals surface area contributed by atoms with Gasteiger partial charge in [-0.1, -0.05) is 72.8 Å². The molecule has 0 aliphatic rings. The number of hydrogen-bond donors (Lipinski definition) is 8. The second-order valence-corrected chi connectivity index (χ2v) is 25.5.